The second-order valence-electron chi connectivity index (χ2n) is 4.97. The maximum atomic E-state index is 11.5. The quantitative estimate of drug-likeness (QED) is 0.530. The molecule has 0 bridgehead atoms. The van der Waals surface area contributed by atoms with Crippen LogP contribution in [0.2, 0.25) is 0 Å². The van der Waals surface area contributed by atoms with Gasteiger partial charge >= 0.3 is 11.9 Å². The molecule has 2 rings (SSSR count). The highest BCUT2D eigenvalue weighted by Gasteiger charge is 2.07. The summed E-state index contributed by atoms with van der Waals surface area (Å²) in [5.41, 5.74) is 2.61. The predicted molar refractivity (Wildman–Crippen MR) is 95.3 cm³/mol. The maximum Gasteiger partial charge on any atom is 0.328 e. The molecule has 1 heterocycles. The fourth-order valence-electron chi connectivity index (χ4n) is 1.74. The van der Waals surface area contributed by atoms with Crippen LogP contribution in [-0.4, -0.2) is 46.3 Å². The molecule has 0 radical (unpaired) electrons. The summed E-state index contributed by atoms with van der Waals surface area (Å²) in [5.74, 6) is -2.45. The minimum atomic E-state index is -3.22. The maximum absolute atomic E-state index is 11.5. The number of carboxylic acids is 2. The summed E-state index contributed by atoms with van der Waals surface area (Å²) in [6.45, 7) is 1.61. The van der Waals surface area contributed by atoms with Crippen LogP contribution in [0.3, 0.4) is 0 Å². The number of aromatic amines is 1. The Morgan fingerprint density at radius 2 is 1.88 bits per heavy atom. The SMILES string of the molecule is CCS(=O)(=O)Nc1cccc(Cc2cnc[nH]2)c1.O=C(O)/C=C\C(=O)O. The van der Waals surface area contributed by atoms with E-state index in [0.717, 1.165) is 11.3 Å². The van der Waals surface area contributed by atoms with Gasteiger partial charge in [-0.3, -0.25) is 4.72 Å². The summed E-state index contributed by atoms with van der Waals surface area (Å²) in [6, 6.07) is 7.35. The number of benzene rings is 1. The van der Waals surface area contributed by atoms with E-state index in [1.54, 1.807) is 25.5 Å². The van der Waals surface area contributed by atoms with Gasteiger partial charge in [-0.1, -0.05) is 12.1 Å². The molecule has 0 fully saturated rings. The van der Waals surface area contributed by atoms with E-state index < -0.39 is 22.0 Å². The zero-order chi connectivity index (χ0) is 19.6. The number of nitrogens with one attached hydrogen (secondary N) is 2. The third kappa shape index (κ3) is 8.64. The minimum absolute atomic E-state index is 0.0672. The molecule has 0 spiro atoms. The number of anilines is 1. The zero-order valence-electron chi connectivity index (χ0n) is 13.9. The van der Waals surface area contributed by atoms with Crippen molar-refractivity contribution in [2.24, 2.45) is 0 Å². The Hall–Kier alpha value is -3.14. The van der Waals surface area contributed by atoms with E-state index in [4.69, 9.17) is 10.2 Å². The zero-order valence-corrected chi connectivity index (χ0v) is 14.7. The van der Waals surface area contributed by atoms with E-state index in [1.807, 2.05) is 18.2 Å². The molecule has 140 valence electrons. The highest BCUT2D eigenvalue weighted by atomic mass is 32.2. The Labute approximate surface area is 150 Å². The lowest BCUT2D eigenvalue weighted by Gasteiger charge is -2.07. The van der Waals surface area contributed by atoms with E-state index in [1.165, 1.54) is 0 Å². The van der Waals surface area contributed by atoms with Gasteiger partial charge < -0.3 is 15.2 Å². The molecule has 0 amide bonds. The van der Waals surface area contributed by atoms with Crippen LogP contribution in [0.4, 0.5) is 5.69 Å². The summed E-state index contributed by atoms with van der Waals surface area (Å²) >= 11 is 0. The first-order chi connectivity index (χ1) is 12.2. The van der Waals surface area contributed by atoms with Crippen molar-refractivity contribution in [3.8, 4) is 0 Å². The molecule has 1 aromatic carbocycles. The van der Waals surface area contributed by atoms with Crippen molar-refractivity contribution in [2.75, 3.05) is 10.5 Å². The van der Waals surface area contributed by atoms with Gasteiger partial charge in [0, 0.05) is 36.2 Å². The van der Waals surface area contributed by atoms with E-state index in [-0.39, 0.29) is 5.75 Å². The Morgan fingerprint density at radius 3 is 2.38 bits per heavy atom. The van der Waals surface area contributed by atoms with Gasteiger partial charge in [-0.15, -0.1) is 0 Å². The van der Waals surface area contributed by atoms with Gasteiger partial charge in [-0.2, -0.15) is 0 Å². The van der Waals surface area contributed by atoms with Gasteiger partial charge in [0.1, 0.15) is 0 Å². The summed E-state index contributed by atoms with van der Waals surface area (Å²) in [5, 5.41) is 15.6. The van der Waals surface area contributed by atoms with Crippen molar-refractivity contribution in [3.05, 3.63) is 60.2 Å². The molecule has 10 heteroatoms. The fraction of sp³-hybridized carbons (Fsp3) is 0.188. The molecule has 2 aromatic rings. The lowest BCUT2D eigenvalue weighted by molar-refractivity contribution is -0.134. The number of rotatable bonds is 7. The molecular formula is C16H19N3O6S. The molecule has 0 unspecified atom stereocenters. The van der Waals surface area contributed by atoms with Crippen molar-refractivity contribution in [3.63, 3.8) is 0 Å². The van der Waals surface area contributed by atoms with E-state index in [0.29, 0.717) is 24.3 Å². The molecule has 26 heavy (non-hydrogen) atoms. The highest BCUT2D eigenvalue weighted by molar-refractivity contribution is 7.92. The number of carbonyl (C=O) groups is 2. The lowest BCUT2D eigenvalue weighted by atomic mass is 10.1. The van der Waals surface area contributed by atoms with E-state index >= 15 is 0 Å². The number of imidazole rings is 1. The first-order valence-corrected chi connectivity index (χ1v) is 9.07. The van der Waals surface area contributed by atoms with Crippen LogP contribution < -0.4 is 4.72 Å². The van der Waals surface area contributed by atoms with Crippen LogP contribution in [0.25, 0.3) is 0 Å². The minimum Gasteiger partial charge on any atom is -0.478 e. The molecule has 0 aliphatic carbocycles. The number of hydrogen-bond donors (Lipinski definition) is 4. The van der Waals surface area contributed by atoms with Gasteiger partial charge in [0.15, 0.2) is 0 Å². The standard InChI is InChI=1S/C12H15N3O2S.C4H4O4/c1-2-18(16,17)15-11-5-3-4-10(6-11)7-12-8-13-9-14-12;5-3(6)1-2-4(7)8/h3-6,8-9,15H,2,7H2,1H3,(H,13,14);1-2H,(H,5,6)(H,7,8)/b;2-1-. The van der Waals surface area contributed by atoms with Crippen LogP contribution in [-0.2, 0) is 26.0 Å². The van der Waals surface area contributed by atoms with Gasteiger partial charge in [0.25, 0.3) is 0 Å². The number of hydrogen-bond acceptors (Lipinski definition) is 5. The van der Waals surface area contributed by atoms with Gasteiger partial charge in [0.2, 0.25) is 10.0 Å². The number of sulfonamides is 1. The molecule has 1 aromatic heterocycles. The average Bonchev–Trinajstić information content (AvgIpc) is 3.06. The Kier molecular flexibility index (Phi) is 8.03. The Morgan fingerprint density at radius 1 is 1.23 bits per heavy atom. The third-order valence-electron chi connectivity index (χ3n) is 2.90. The summed E-state index contributed by atoms with van der Waals surface area (Å²) < 4.78 is 25.5. The molecule has 0 saturated heterocycles. The second-order valence-corrected chi connectivity index (χ2v) is 6.98. The first-order valence-electron chi connectivity index (χ1n) is 7.42. The van der Waals surface area contributed by atoms with Crippen LogP contribution in [0.5, 0.6) is 0 Å². The predicted octanol–water partition coefficient (Wildman–Crippen LogP) is 1.47. The number of aromatic nitrogens is 2. The van der Waals surface area contributed by atoms with Gasteiger partial charge in [-0.05, 0) is 24.6 Å². The first kappa shape index (κ1) is 20.9. The highest BCUT2D eigenvalue weighted by Crippen LogP contribution is 2.14. The fourth-order valence-corrected chi connectivity index (χ4v) is 2.37. The topological polar surface area (TPSA) is 149 Å². The monoisotopic (exact) mass is 381 g/mol. The molecule has 4 N–H and O–H groups in total. The van der Waals surface area contributed by atoms with E-state index in [9.17, 15) is 18.0 Å². The molecule has 0 atom stereocenters. The average molecular weight is 381 g/mol. The molecule has 0 aliphatic rings. The molecule has 9 nitrogen and oxygen atoms in total. The van der Waals surface area contributed by atoms with Crippen molar-refractivity contribution in [1.82, 2.24) is 9.97 Å². The Balaban J connectivity index is 0.000000359. The summed E-state index contributed by atoms with van der Waals surface area (Å²) in [4.78, 5) is 26.1. The normalized spacial score (nSPS) is 10.8. The van der Waals surface area contributed by atoms with Gasteiger partial charge in [0.05, 0.1) is 12.1 Å². The lowest BCUT2D eigenvalue weighted by Crippen LogP contribution is -2.14. The van der Waals surface area contributed by atoms with Crippen LogP contribution in [0.1, 0.15) is 18.2 Å². The molecular weight excluding hydrogens is 362 g/mol. The smallest absolute Gasteiger partial charge is 0.328 e. The van der Waals surface area contributed by atoms with Crippen LogP contribution in [0.15, 0.2) is 48.9 Å². The number of aliphatic carboxylic acids is 2. The number of carboxylic acid groups (broad SMARTS) is 2. The number of nitrogens with zero attached hydrogens (tertiary/aromatic N) is 1. The second kappa shape index (κ2) is 9.99. The van der Waals surface area contributed by atoms with Crippen molar-refractivity contribution in [1.29, 1.82) is 0 Å². The van der Waals surface area contributed by atoms with Crippen LogP contribution in [0, 0.1) is 0 Å². The van der Waals surface area contributed by atoms with E-state index in [2.05, 4.69) is 14.7 Å². The van der Waals surface area contributed by atoms with Crippen LogP contribution >= 0.6 is 0 Å². The summed E-state index contributed by atoms with van der Waals surface area (Å²) in [6.07, 6.45) is 5.19. The molecule has 0 saturated carbocycles. The van der Waals surface area contributed by atoms with Crippen molar-refractivity contribution in [2.45, 2.75) is 13.3 Å². The van der Waals surface area contributed by atoms with Crippen molar-refractivity contribution < 1.29 is 28.2 Å². The summed E-state index contributed by atoms with van der Waals surface area (Å²) in [7, 11) is -3.22. The molecule has 0 aliphatic heterocycles. The van der Waals surface area contributed by atoms with Crippen molar-refractivity contribution >= 4 is 27.6 Å². The third-order valence-corrected chi connectivity index (χ3v) is 4.21. The number of H-pyrrole nitrogens is 1. The Bertz CT molecular complexity index is 844. The largest absolute Gasteiger partial charge is 0.478 e. The van der Waals surface area contributed by atoms with Gasteiger partial charge in [-0.25, -0.2) is 23.0 Å².